The third-order valence-corrected chi connectivity index (χ3v) is 5.34. The number of halogens is 2. The van der Waals surface area contributed by atoms with Gasteiger partial charge in [-0.3, -0.25) is 4.90 Å². The summed E-state index contributed by atoms with van der Waals surface area (Å²) in [4.78, 5) is 1.87. The fraction of sp³-hybridized carbons (Fsp3) is 0.571. The van der Waals surface area contributed by atoms with Gasteiger partial charge in [-0.1, -0.05) is 6.07 Å². The van der Waals surface area contributed by atoms with Crippen molar-refractivity contribution in [2.45, 2.75) is 25.4 Å². The quantitative estimate of drug-likeness (QED) is 0.884. The first-order chi connectivity index (χ1) is 10.3. The molecule has 1 aliphatic heterocycles. The lowest BCUT2D eigenvalue weighted by atomic mass is 10.1. The van der Waals surface area contributed by atoms with E-state index in [0.717, 1.165) is 10.7 Å². The minimum Gasteiger partial charge on any atom is -0.297 e. The molecule has 1 fully saturated rings. The van der Waals surface area contributed by atoms with Crippen LogP contribution in [0.15, 0.2) is 18.2 Å². The van der Waals surface area contributed by atoms with Crippen molar-refractivity contribution < 1.29 is 17.2 Å². The number of benzene rings is 1. The summed E-state index contributed by atoms with van der Waals surface area (Å²) in [5.41, 5.74) is 0.0265. The van der Waals surface area contributed by atoms with E-state index in [1.807, 2.05) is 4.90 Å². The smallest absolute Gasteiger partial charge is 0.279 e. The molecular formula is C14H21F2N3O2S. The lowest BCUT2D eigenvalue weighted by Gasteiger charge is -2.33. The van der Waals surface area contributed by atoms with Gasteiger partial charge >= 0.3 is 0 Å². The first-order valence-corrected chi connectivity index (χ1v) is 8.58. The van der Waals surface area contributed by atoms with Gasteiger partial charge < -0.3 is 0 Å². The van der Waals surface area contributed by atoms with Crippen molar-refractivity contribution in [3.63, 3.8) is 0 Å². The zero-order valence-electron chi connectivity index (χ0n) is 12.7. The molecule has 22 heavy (non-hydrogen) atoms. The normalized spacial score (nSPS) is 20.5. The van der Waals surface area contributed by atoms with Crippen molar-refractivity contribution in [1.29, 1.82) is 0 Å². The molecule has 0 aromatic heterocycles. The van der Waals surface area contributed by atoms with E-state index in [4.69, 9.17) is 0 Å². The predicted molar refractivity (Wildman–Crippen MR) is 80.4 cm³/mol. The maximum atomic E-state index is 13.7. The molecule has 5 nitrogen and oxygen atoms in total. The Morgan fingerprint density at radius 3 is 2.55 bits per heavy atom. The van der Waals surface area contributed by atoms with E-state index in [1.165, 1.54) is 32.3 Å². The number of hydrogen-bond acceptors (Lipinski definition) is 3. The van der Waals surface area contributed by atoms with Crippen LogP contribution in [0.1, 0.15) is 18.4 Å². The molecule has 1 heterocycles. The van der Waals surface area contributed by atoms with Crippen LogP contribution in [0.3, 0.4) is 0 Å². The molecule has 0 saturated carbocycles. The zero-order valence-corrected chi connectivity index (χ0v) is 13.5. The van der Waals surface area contributed by atoms with Crippen LogP contribution < -0.4 is 4.72 Å². The van der Waals surface area contributed by atoms with Crippen molar-refractivity contribution in [2.75, 3.05) is 27.2 Å². The molecule has 124 valence electrons. The maximum absolute atomic E-state index is 13.7. The summed E-state index contributed by atoms with van der Waals surface area (Å²) in [5.74, 6) is -1.15. The Hall–Kier alpha value is -1.09. The van der Waals surface area contributed by atoms with E-state index in [-0.39, 0.29) is 18.2 Å². The van der Waals surface area contributed by atoms with E-state index in [9.17, 15) is 17.2 Å². The van der Waals surface area contributed by atoms with Gasteiger partial charge in [0.1, 0.15) is 11.6 Å². The van der Waals surface area contributed by atoms with Gasteiger partial charge in [0.15, 0.2) is 0 Å². The Labute approximate surface area is 130 Å². The molecule has 0 unspecified atom stereocenters. The molecule has 0 bridgehead atoms. The average Bonchev–Trinajstić information content (AvgIpc) is 2.43. The summed E-state index contributed by atoms with van der Waals surface area (Å²) in [7, 11) is -0.590. The van der Waals surface area contributed by atoms with E-state index in [0.29, 0.717) is 19.5 Å². The molecule has 1 saturated heterocycles. The Morgan fingerprint density at radius 1 is 1.32 bits per heavy atom. The largest absolute Gasteiger partial charge is 0.297 e. The summed E-state index contributed by atoms with van der Waals surface area (Å²) in [5, 5.41) is 0. The number of rotatable bonds is 5. The first kappa shape index (κ1) is 17.3. The maximum Gasteiger partial charge on any atom is 0.279 e. The second kappa shape index (κ2) is 6.99. The molecule has 1 aliphatic rings. The number of hydrogen-bond donors (Lipinski definition) is 1. The Morgan fingerprint density at radius 2 is 1.95 bits per heavy atom. The minimum absolute atomic E-state index is 0.0265. The van der Waals surface area contributed by atoms with Gasteiger partial charge in [-0.2, -0.15) is 17.4 Å². The number of likely N-dealkylation sites (tertiary alicyclic amines) is 1. The monoisotopic (exact) mass is 333 g/mol. The van der Waals surface area contributed by atoms with E-state index >= 15 is 0 Å². The molecule has 1 aromatic rings. The van der Waals surface area contributed by atoms with Crippen LogP contribution in [0, 0.1) is 11.6 Å². The van der Waals surface area contributed by atoms with Crippen molar-refractivity contribution in [2.24, 2.45) is 0 Å². The third kappa shape index (κ3) is 4.22. The van der Waals surface area contributed by atoms with Crippen LogP contribution in [0.5, 0.6) is 0 Å². The summed E-state index contributed by atoms with van der Waals surface area (Å²) in [6.07, 6.45) is 1.49. The van der Waals surface area contributed by atoms with Crippen LogP contribution in [-0.4, -0.2) is 50.8 Å². The van der Waals surface area contributed by atoms with Gasteiger partial charge in [0, 0.05) is 38.8 Å². The highest BCUT2D eigenvalue weighted by Gasteiger charge is 2.26. The minimum atomic E-state index is -3.50. The molecule has 1 atom stereocenters. The molecule has 0 radical (unpaired) electrons. The van der Waals surface area contributed by atoms with Crippen LogP contribution in [0.4, 0.5) is 8.78 Å². The summed E-state index contributed by atoms with van der Waals surface area (Å²) in [6, 6.07) is 3.54. The van der Waals surface area contributed by atoms with Crippen molar-refractivity contribution in [3.8, 4) is 0 Å². The third-order valence-electron chi connectivity index (χ3n) is 3.75. The predicted octanol–water partition coefficient (Wildman–Crippen LogP) is 1.33. The summed E-state index contributed by atoms with van der Waals surface area (Å²) >= 11 is 0. The van der Waals surface area contributed by atoms with Crippen molar-refractivity contribution in [1.82, 2.24) is 13.9 Å². The highest BCUT2D eigenvalue weighted by atomic mass is 32.2. The standard InChI is InChI=1S/C14H21F2N3O2S/c1-18(2)22(20,21)17-11-5-4-8-19(9-11)10-12-13(15)6-3-7-14(12)16/h3,6-7,11,17H,4-5,8-10H2,1-2H3/t11-/m0/s1. The van der Waals surface area contributed by atoms with Gasteiger partial charge in [-0.15, -0.1) is 0 Å². The lowest BCUT2D eigenvalue weighted by molar-refractivity contribution is 0.189. The SMILES string of the molecule is CN(C)S(=O)(=O)N[C@H]1CCCN(Cc2c(F)cccc2F)C1. The van der Waals surface area contributed by atoms with E-state index in [2.05, 4.69) is 4.72 Å². The Kier molecular flexibility index (Phi) is 5.49. The lowest BCUT2D eigenvalue weighted by Crippen LogP contribution is -2.50. The second-order valence-electron chi connectivity index (χ2n) is 5.68. The Bertz CT molecular complexity index is 602. The highest BCUT2D eigenvalue weighted by molar-refractivity contribution is 7.87. The summed E-state index contributed by atoms with van der Waals surface area (Å²) in [6.45, 7) is 1.26. The average molecular weight is 333 g/mol. The number of nitrogens with one attached hydrogen (secondary N) is 1. The zero-order chi connectivity index (χ0) is 16.3. The van der Waals surface area contributed by atoms with Gasteiger partial charge in [0.05, 0.1) is 0 Å². The molecule has 1 N–H and O–H groups in total. The molecule has 2 rings (SSSR count). The molecule has 0 aliphatic carbocycles. The molecule has 0 amide bonds. The van der Waals surface area contributed by atoms with Gasteiger partial charge in [-0.25, -0.2) is 8.78 Å². The molecule has 1 aromatic carbocycles. The van der Waals surface area contributed by atoms with Crippen molar-refractivity contribution >= 4 is 10.2 Å². The highest BCUT2D eigenvalue weighted by Crippen LogP contribution is 2.18. The van der Waals surface area contributed by atoms with Gasteiger partial charge in [0.25, 0.3) is 10.2 Å². The van der Waals surface area contributed by atoms with E-state index < -0.39 is 21.8 Å². The molecule has 0 spiro atoms. The van der Waals surface area contributed by atoms with Crippen LogP contribution in [0.2, 0.25) is 0 Å². The van der Waals surface area contributed by atoms with Crippen molar-refractivity contribution in [3.05, 3.63) is 35.4 Å². The molecule has 8 heteroatoms. The van der Waals surface area contributed by atoms with E-state index in [1.54, 1.807) is 0 Å². The summed E-state index contributed by atoms with van der Waals surface area (Å²) < 4.78 is 54.8. The topological polar surface area (TPSA) is 52.7 Å². The number of piperidine rings is 1. The fourth-order valence-corrected chi connectivity index (χ4v) is 3.34. The fourth-order valence-electron chi connectivity index (χ4n) is 2.52. The second-order valence-corrected chi connectivity index (χ2v) is 7.60. The van der Waals surface area contributed by atoms with Crippen LogP contribution in [0.25, 0.3) is 0 Å². The van der Waals surface area contributed by atoms with Gasteiger partial charge in [-0.05, 0) is 31.5 Å². The van der Waals surface area contributed by atoms with Gasteiger partial charge in [0.2, 0.25) is 0 Å². The molecular weight excluding hydrogens is 312 g/mol. The van der Waals surface area contributed by atoms with Crippen LogP contribution >= 0.6 is 0 Å². The first-order valence-electron chi connectivity index (χ1n) is 7.14. The van der Waals surface area contributed by atoms with Crippen LogP contribution in [-0.2, 0) is 16.8 Å². The Balaban J connectivity index is 2.02. The number of nitrogens with zero attached hydrogens (tertiary/aromatic N) is 2.